The molecule has 0 atom stereocenters. The molecule has 1 fully saturated rings. The van der Waals surface area contributed by atoms with Gasteiger partial charge in [0.25, 0.3) is 11.5 Å². The molecule has 1 amide bonds. The number of piperidine rings is 1. The zero-order valence-corrected chi connectivity index (χ0v) is 24.3. The molecule has 0 saturated carbocycles. The van der Waals surface area contributed by atoms with E-state index in [1.165, 1.54) is 27.8 Å². The van der Waals surface area contributed by atoms with Crippen molar-refractivity contribution in [2.24, 2.45) is 7.05 Å². The van der Waals surface area contributed by atoms with Crippen LogP contribution in [0.15, 0.2) is 71.5 Å². The molecule has 1 aliphatic rings. The third-order valence-corrected chi connectivity index (χ3v) is 8.38. The van der Waals surface area contributed by atoms with Gasteiger partial charge in [-0.2, -0.15) is 0 Å². The van der Waals surface area contributed by atoms with E-state index in [9.17, 15) is 22.8 Å². The van der Waals surface area contributed by atoms with E-state index >= 15 is 0 Å². The summed E-state index contributed by atoms with van der Waals surface area (Å²) in [6, 6.07) is 17.0. The van der Waals surface area contributed by atoms with Crippen molar-refractivity contribution < 1.29 is 18.0 Å². The zero-order valence-electron chi connectivity index (χ0n) is 23.5. The van der Waals surface area contributed by atoms with Gasteiger partial charge in [0.1, 0.15) is 23.0 Å². The van der Waals surface area contributed by atoms with Crippen molar-refractivity contribution >= 4 is 17.5 Å². The summed E-state index contributed by atoms with van der Waals surface area (Å²) in [7, 11) is 1.77. The average molecular weight is 597 g/mol. The molecule has 1 saturated heterocycles. The number of rotatable bonds is 8. The highest BCUT2D eigenvalue weighted by Crippen LogP contribution is 2.24. The quantitative estimate of drug-likeness (QED) is 0.254. The van der Waals surface area contributed by atoms with Gasteiger partial charge < -0.3 is 4.90 Å². The van der Waals surface area contributed by atoms with Gasteiger partial charge in [0.2, 0.25) is 0 Å². The molecule has 0 unspecified atom stereocenters. The SMILES string of the molecule is Cc1c(CN(CCc2ccc(Cl)cc2)C2CCN(C(=O)c3c(F)cccc3F)CC2)c(=O)n(-c2cccc(F)c2)n1C. The molecule has 0 spiro atoms. The lowest BCUT2D eigenvalue weighted by Crippen LogP contribution is -2.47. The van der Waals surface area contributed by atoms with Crippen LogP contribution in [-0.2, 0) is 20.0 Å². The van der Waals surface area contributed by atoms with Crippen molar-refractivity contribution in [3.8, 4) is 5.69 Å². The Kier molecular flexibility index (Phi) is 8.89. The first-order chi connectivity index (χ1) is 20.1. The molecule has 2 heterocycles. The second kappa shape index (κ2) is 12.6. The van der Waals surface area contributed by atoms with Crippen LogP contribution in [0.4, 0.5) is 13.2 Å². The molecule has 1 aliphatic heterocycles. The Morgan fingerprint density at radius 1 is 0.976 bits per heavy atom. The highest BCUT2D eigenvalue weighted by atomic mass is 35.5. The predicted molar refractivity (Wildman–Crippen MR) is 157 cm³/mol. The van der Waals surface area contributed by atoms with Gasteiger partial charge in [-0.3, -0.25) is 19.2 Å². The van der Waals surface area contributed by atoms with E-state index in [-0.39, 0.29) is 11.6 Å². The minimum atomic E-state index is -0.874. The topological polar surface area (TPSA) is 50.5 Å². The molecule has 0 bridgehead atoms. The normalized spacial score (nSPS) is 14.1. The number of amides is 1. The predicted octanol–water partition coefficient (Wildman–Crippen LogP) is 5.90. The van der Waals surface area contributed by atoms with Crippen molar-refractivity contribution in [2.75, 3.05) is 19.6 Å². The van der Waals surface area contributed by atoms with Crippen LogP contribution in [0.5, 0.6) is 0 Å². The lowest BCUT2D eigenvalue weighted by Gasteiger charge is -2.38. The van der Waals surface area contributed by atoms with Crippen molar-refractivity contribution in [2.45, 2.75) is 38.8 Å². The lowest BCUT2D eigenvalue weighted by molar-refractivity contribution is 0.0599. The molecule has 0 radical (unpaired) electrons. The summed E-state index contributed by atoms with van der Waals surface area (Å²) in [5.41, 5.74) is 2.15. The Morgan fingerprint density at radius 2 is 1.62 bits per heavy atom. The van der Waals surface area contributed by atoms with Crippen molar-refractivity contribution in [1.82, 2.24) is 19.2 Å². The first-order valence-corrected chi connectivity index (χ1v) is 14.3. The van der Waals surface area contributed by atoms with E-state index in [0.717, 1.165) is 23.4 Å². The van der Waals surface area contributed by atoms with Gasteiger partial charge in [-0.05, 0) is 74.2 Å². The standard InChI is InChI=1S/C32H32ClF3N4O2/c1-21-27(31(41)40(37(21)2)26-6-3-5-24(34)19-26)20-39(16-13-22-9-11-23(33)12-10-22)25-14-17-38(18-15-25)32(42)30-28(35)7-4-8-29(30)36/h3-12,19,25H,13-18,20H2,1-2H3. The van der Waals surface area contributed by atoms with E-state index in [1.807, 2.05) is 31.2 Å². The lowest BCUT2D eigenvalue weighted by atomic mass is 10.00. The third kappa shape index (κ3) is 6.17. The van der Waals surface area contributed by atoms with Gasteiger partial charge in [-0.1, -0.05) is 35.9 Å². The maximum Gasteiger partial charge on any atom is 0.276 e. The first-order valence-electron chi connectivity index (χ1n) is 13.9. The highest BCUT2D eigenvalue weighted by Gasteiger charge is 2.31. The molecule has 42 heavy (non-hydrogen) atoms. The number of benzene rings is 3. The molecule has 5 rings (SSSR count). The van der Waals surface area contributed by atoms with Crippen LogP contribution in [0.3, 0.4) is 0 Å². The molecular formula is C32H32ClF3N4O2. The van der Waals surface area contributed by atoms with Crippen LogP contribution in [0.1, 0.15) is 40.0 Å². The number of halogens is 4. The fourth-order valence-electron chi connectivity index (χ4n) is 5.66. The second-order valence-electron chi connectivity index (χ2n) is 10.7. The largest absolute Gasteiger partial charge is 0.338 e. The van der Waals surface area contributed by atoms with Crippen LogP contribution in [0.25, 0.3) is 5.69 Å². The summed E-state index contributed by atoms with van der Waals surface area (Å²) < 4.78 is 45.8. The summed E-state index contributed by atoms with van der Waals surface area (Å²) in [5, 5.41) is 0.650. The second-order valence-corrected chi connectivity index (χ2v) is 11.1. The maximum atomic E-state index is 14.3. The van der Waals surface area contributed by atoms with Crippen molar-refractivity contribution in [3.63, 3.8) is 0 Å². The molecule has 4 aromatic rings. The minimum Gasteiger partial charge on any atom is -0.338 e. The number of hydrogen-bond donors (Lipinski definition) is 0. The number of carbonyl (C=O) groups is 1. The van der Waals surface area contributed by atoms with E-state index in [2.05, 4.69) is 4.90 Å². The Labute approximate surface area is 247 Å². The van der Waals surface area contributed by atoms with Gasteiger partial charge in [0.15, 0.2) is 0 Å². The van der Waals surface area contributed by atoms with Crippen LogP contribution >= 0.6 is 11.6 Å². The number of nitrogens with zero attached hydrogens (tertiary/aromatic N) is 4. The van der Waals surface area contributed by atoms with Crippen molar-refractivity contribution in [3.05, 3.63) is 122 Å². The molecule has 220 valence electrons. The van der Waals surface area contributed by atoms with Gasteiger partial charge in [-0.25, -0.2) is 17.9 Å². The van der Waals surface area contributed by atoms with Gasteiger partial charge in [0, 0.05) is 50.0 Å². The highest BCUT2D eigenvalue weighted by molar-refractivity contribution is 6.30. The Bertz CT molecular complexity index is 1620. The number of hydrogen-bond acceptors (Lipinski definition) is 3. The molecule has 6 nitrogen and oxygen atoms in total. The van der Waals surface area contributed by atoms with E-state index in [1.54, 1.807) is 23.9 Å². The zero-order chi connectivity index (χ0) is 30.0. The van der Waals surface area contributed by atoms with Crippen molar-refractivity contribution in [1.29, 1.82) is 0 Å². The summed E-state index contributed by atoms with van der Waals surface area (Å²) in [6.07, 6.45) is 1.86. The Balaban J connectivity index is 1.39. The van der Waals surface area contributed by atoms with E-state index in [0.29, 0.717) is 61.7 Å². The summed E-state index contributed by atoms with van der Waals surface area (Å²) in [5.74, 6) is -2.84. The van der Waals surface area contributed by atoms with Gasteiger partial charge in [0.05, 0.1) is 11.3 Å². The average Bonchev–Trinajstić information content (AvgIpc) is 3.18. The molecule has 0 N–H and O–H groups in total. The Morgan fingerprint density at radius 3 is 2.26 bits per heavy atom. The van der Waals surface area contributed by atoms with Crippen LogP contribution in [-0.4, -0.2) is 50.7 Å². The molecule has 3 aromatic carbocycles. The monoisotopic (exact) mass is 596 g/mol. The number of aromatic nitrogens is 2. The third-order valence-electron chi connectivity index (χ3n) is 8.13. The van der Waals surface area contributed by atoms with Gasteiger partial charge in [-0.15, -0.1) is 0 Å². The van der Waals surface area contributed by atoms with E-state index in [4.69, 9.17) is 11.6 Å². The molecule has 0 aliphatic carbocycles. The number of likely N-dealkylation sites (tertiary alicyclic amines) is 1. The van der Waals surface area contributed by atoms with E-state index < -0.39 is 28.9 Å². The summed E-state index contributed by atoms with van der Waals surface area (Å²) >= 11 is 6.07. The fraction of sp³-hybridized carbons (Fsp3) is 0.312. The maximum absolute atomic E-state index is 14.3. The smallest absolute Gasteiger partial charge is 0.276 e. The fourth-order valence-corrected chi connectivity index (χ4v) is 5.78. The number of carbonyl (C=O) groups excluding carboxylic acids is 1. The van der Waals surface area contributed by atoms with Crippen LogP contribution < -0.4 is 5.56 Å². The molecule has 1 aromatic heterocycles. The van der Waals surface area contributed by atoms with Crippen LogP contribution in [0, 0.1) is 24.4 Å². The summed E-state index contributed by atoms with van der Waals surface area (Å²) in [4.78, 5) is 30.4. The molecule has 10 heteroatoms. The van der Waals surface area contributed by atoms with Crippen LogP contribution in [0.2, 0.25) is 5.02 Å². The molecular weight excluding hydrogens is 565 g/mol. The summed E-state index contributed by atoms with van der Waals surface area (Å²) in [6.45, 7) is 3.52. The first kappa shape index (κ1) is 29.7. The van der Waals surface area contributed by atoms with Gasteiger partial charge >= 0.3 is 0 Å². The minimum absolute atomic E-state index is 0.0217. The Hall–Kier alpha value is -3.82.